The van der Waals surface area contributed by atoms with E-state index in [1.807, 2.05) is 62.4 Å². The van der Waals surface area contributed by atoms with Gasteiger partial charge in [-0.2, -0.15) is 0 Å². The highest BCUT2D eigenvalue weighted by Crippen LogP contribution is 2.20. The van der Waals surface area contributed by atoms with E-state index in [0.29, 0.717) is 26.2 Å². The van der Waals surface area contributed by atoms with E-state index in [1.165, 1.54) is 0 Å². The number of nitrogens with one attached hydrogen (secondary N) is 1. The lowest BCUT2D eigenvalue weighted by atomic mass is 10.2. The third kappa shape index (κ3) is 5.46. The molecule has 0 aliphatic heterocycles. The molecule has 0 aliphatic carbocycles. The summed E-state index contributed by atoms with van der Waals surface area (Å²) in [6.45, 7) is 6.01. The molecule has 0 atom stereocenters. The van der Waals surface area contributed by atoms with Gasteiger partial charge in [-0.25, -0.2) is 4.79 Å². The van der Waals surface area contributed by atoms with Crippen LogP contribution < -0.4 is 10.1 Å². The zero-order chi connectivity index (χ0) is 17.4. The van der Waals surface area contributed by atoms with Crippen molar-refractivity contribution in [2.45, 2.75) is 20.4 Å². The van der Waals surface area contributed by atoms with Crippen LogP contribution in [0.4, 0.5) is 4.79 Å². The fourth-order valence-electron chi connectivity index (χ4n) is 2.28. The molecule has 4 nitrogen and oxygen atoms in total. The Morgan fingerprint density at radius 2 is 1.96 bits per heavy atom. The fourth-order valence-corrected chi connectivity index (χ4v) is 2.39. The predicted molar refractivity (Wildman–Crippen MR) is 97.6 cm³/mol. The van der Waals surface area contributed by atoms with Crippen molar-refractivity contribution in [3.8, 4) is 5.75 Å². The number of carbonyl (C=O) groups is 1. The normalized spacial score (nSPS) is 10.3. The van der Waals surface area contributed by atoms with Gasteiger partial charge < -0.3 is 15.0 Å². The van der Waals surface area contributed by atoms with Gasteiger partial charge in [-0.1, -0.05) is 41.9 Å². The molecule has 0 saturated heterocycles. The molecule has 0 radical (unpaired) electrons. The van der Waals surface area contributed by atoms with E-state index in [2.05, 4.69) is 5.32 Å². The number of halogens is 1. The van der Waals surface area contributed by atoms with Gasteiger partial charge in [0, 0.05) is 18.1 Å². The zero-order valence-corrected chi connectivity index (χ0v) is 14.8. The third-order valence-corrected chi connectivity index (χ3v) is 4.09. The average Bonchev–Trinajstić information content (AvgIpc) is 2.60. The van der Waals surface area contributed by atoms with Gasteiger partial charge in [-0.05, 0) is 43.2 Å². The number of hydrogen-bond donors (Lipinski definition) is 1. The number of hydrogen-bond acceptors (Lipinski definition) is 2. The van der Waals surface area contributed by atoms with Gasteiger partial charge >= 0.3 is 6.03 Å². The average molecular weight is 347 g/mol. The van der Waals surface area contributed by atoms with Crippen molar-refractivity contribution in [1.29, 1.82) is 0 Å². The summed E-state index contributed by atoms with van der Waals surface area (Å²) in [6.07, 6.45) is 0. The van der Waals surface area contributed by atoms with Crippen LogP contribution in [0.25, 0.3) is 0 Å². The van der Waals surface area contributed by atoms with Gasteiger partial charge in [-0.3, -0.25) is 0 Å². The van der Waals surface area contributed by atoms with Crippen molar-refractivity contribution in [1.82, 2.24) is 10.2 Å². The molecule has 2 amide bonds. The number of ether oxygens (including phenoxy) is 1. The lowest BCUT2D eigenvalue weighted by Crippen LogP contribution is -2.41. The molecular weight excluding hydrogens is 324 g/mol. The van der Waals surface area contributed by atoms with Gasteiger partial charge in [0.25, 0.3) is 0 Å². The van der Waals surface area contributed by atoms with E-state index in [-0.39, 0.29) is 6.03 Å². The Kier molecular flexibility index (Phi) is 6.94. The second-order valence-electron chi connectivity index (χ2n) is 5.49. The Labute approximate surface area is 148 Å². The Hall–Kier alpha value is -2.20. The molecule has 1 N–H and O–H groups in total. The molecule has 0 heterocycles. The molecule has 0 spiro atoms. The largest absolute Gasteiger partial charge is 0.492 e. The summed E-state index contributed by atoms with van der Waals surface area (Å²) in [5, 5.41) is 3.60. The summed E-state index contributed by atoms with van der Waals surface area (Å²) in [7, 11) is 0. The molecule has 0 aliphatic rings. The van der Waals surface area contributed by atoms with Crippen LogP contribution in [0.15, 0.2) is 48.5 Å². The smallest absolute Gasteiger partial charge is 0.317 e. The number of benzene rings is 2. The summed E-state index contributed by atoms with van der Waals surface area (Å²) in [6, 6.07) is 15.4. The van der Waals surface area contributed by atoms with Crippen molar-refractivity contribution in [3.05, 3.63) is 64.7 Å². The van der Waals surface area contributed by atoms with E-state index in [0.717, 1.165) is 21.9 Å². The van der Waals surface area contributed by atoms with E-state index in [1.54, 1.807) is 4.90 Å². The van der Waals surface area contributed by atoms with Crippen LogP contribution in [0.2, 0.25) is 5.02 Å². The number of urea groups is 1. The van der Waals surface area contributed by atoms with E-state index >= 15 is 0 Å². The van der Waals surface area contributed by atoms with E-state index in [4.69, 9.17) is 16.3 Å². The number of amides is 2. The van der Waals surface area contributed by atoms with Gasteiger partial charge in [0.2, 0.25) is 0 Å². The molecule has 5 heteroatoms. The highest BCUT2D eigenvalue weighted by Gasteiger charge is 2.11. The maximum atomic E-state index is 12.2. The number of nitrogens with zero attached hydrogens (tertiary/aromatic N) is 1. The molecule has 2 aromatic rings. The van der Waals surface area contributed by atoms with Crippen molar-refractivity contribution < 1.29 is 9.53 Å². The Bertz CT molecular complexity index is 662. The first-order chi connectivity index (χ1) is 11.6. The summed E-state index contributed by atoms with van der Waals surface area (Å²) in [4.78, 5) is 14.0. The first-order valence-electron chi connectivity index (χ1n) is 8.05. The molecule has 128 valence electrons. The highest BCUT2D eigenvalue weighted by atomic mass is 35.5. The van der Waals surface area contributed by atoms with Gasteiger partial charge in [0.15, 0.2) is 0 Å². The van der Waals surface area contributed by atoms with Crippen molar-refractivity contribution in [2.24, 2.45) is 0 Å². The SMILES string of the molecule is CCN(Cc1ccccc1)C(=O)NCCOc1ccc(Cl)c(C)c1. The van der Waals surface area contributed by atoms with Crippen LogP contribution in [-0.4, -0.2) is 30.6 Å². The van der Waals surface area contributed by atoms with Crippen LogP contribution in [0, 0.1) is 6.92 Å². The Balaban J connectivity index is 1.76. The van der Waals surface area contributed by atoms with Gasteiger partial charge in [0.1, 0.15) is 12.4 Å². The third-order valence-electron chi connectivity index (χ3n) is 3.66. The molecule has 0 fully saturated rings. The highest BCUT2D eigenvalue weighted by molar-refractivity contribution is 6.31. The maximum Gasteiger partial charge on any atom is 0.317 e. The Morgan fingerprint density at radius 3 is 2.62 bits per heavy atom. The molecule has 24 heavy (non-hydrogen) atoms. The minimum atomic E-state index is -0.0859. The molecular formula is C19H23ClN2O2. The molecule has 0 unspecified atom stereocenters. The van der Waals surface area contributed by atoms with E-state index < -0.39 is 0 Å². The van der Waals surface area contributed by atoms with E-state index in [9.17, 15) is 4.79 Å². The van der Waals surface area contributed by atoms with Gasteiger partial charge in [0.05, 0.1) is 6.54 Å². The summed E-state index contributed by atoms with van der Waals surface area (Å²) in [5.41, 5.74) is 2.08. The summed E-state index contributed by atoms with van der Waals surface area (Å²) < 4.78 is 5.63. The number of carbonyl (C=O) groups excluding carboxylic acids is 1. The zero-order valence-electron chi connectivity index (χ0n) is 14.1. The van der Waals surface area contributed by atoms with Crippen LogP contribution >= 0.6 is 11.6 Å². The number of aryl methyl sites for hydroxylation is 1. The van der Waals surface area contributed by atoms with Crippen molar-refractivity contribution in [2.75, 3.05) is 19.7 Å². The van der Waals surface area contributed by atoms with Crippen molar-refractivity contribution >= 4 is 17.6 Å². The van der Waals surface area contributed by atoms with Crippen molar-refractivity contribution in [3.63, 3.8) is 0 Å². The summed E-state index contributed by atoms with van der Waals surface area (Å²) in [5.74, 6) is 0.753. The van der Waals surface area contributed by atoms with Gasteiger partial charge in [-0.15, -0.1) is 0 Å². The first-order valence-corrected chi connectivity index (χ1v) is 8.43. The Morgan fingerprint density at radius 1 is 1.21 bits per heavy atom. The number of rotatable bonds is 7. The molecule has 0 aromatic heterocycles. The second-order valence-corrected chi connectivity index (χ2v) is 5.90. The minimum Gasteiger partial charge on any atom is -0.492 e. The molecule has 2 rings (SSSR count). The lowest BCUT2D eigenvalue weighted by Gasteiger charge is -2.21. The molecule has 0 bridgehead atoms. The van der Waals surface area contributed by atoms with Crippen LogP contribution in [0.5, 0.6) is 5.75 Å². The standard InChI is InChI=1S/C19H23ClN2O2/c1-3-22(14-16-7-5-4-6-8-16)19(23)21-11-12-24-17-9-10-18(20)15(2)13-17/h4-10,13H,3,11-12,14H2,1-2H3,(H,21,23). The lowest BCUT2D eigenvalue weighted by molar-refractivity contribution is 0.195. The maximum absolute atomic E-state index is 12.2. The quantitative estimate of drug-likeness (QED) is 0.761. The topological polar surface area (TPSA) is 41.6 Å². The minimum absolute atomic E-state index is 0.0859. The molecule has 2 aromatic carbocycles. The second kappa shape index (κ2) is 9.18. The predicted octanol–water partition coefficient (Wildman–Crippen LogP) is 4.26. The fraction of sp³-hybridized carbons (Fsp3) is 0.316. The van der Waals surface area contributed by atoms with Crippen LogP contribution in [-0.2, 0) is 6.54 Å². The monoisotopic (exact) mass is 346 g/mol. The van der Waals surface area contributed by atoms with Crippen LogP contribution in [0.1, 0.15) is 18.1 Å². The summed E-state index contributed by atoms with van der Waals surface area (Å²) >= 11 is 5.98. The molecule has 0 saturated carbocycles. The van der Waals surface area contributed by atoms with Crippen LogP contribution in [0.3, 0.4) is 0 Å². The first kappa shape index (κ1) is 18.1.